The quantitative estimate of drug-likeness (QED) is 0.680. The van der Waals surface area contributed by atoms with E-state index >= 15 is 0 Å². The molecule has 2 nitrogen and oxygen atoms in total. The molecular weight excluding hydrogens is 401 g/mol. The Morgan fingerprint density at radius 1 is 1.14 bits per heavy atom. The van der Waals surface area contributed by atoms with Crippen molar-refractivity contribution in [3.8, 4) is 11.5 Å². The summed E-state index contributed by atoms with van der Waals surface area (Å²) in [6, 6.07) is 10.8. The maximum Gasteiger partial charge on any atom is 0.137 e. The van der Waals surface area contributed by atoms with E-state index in [0.717, 1.165) is 15.8 Å². The summed E-state index contributed by atoms with van der Waals surface area (Å²) in [7, 11) is 0. The number of benzene rings is 2. The molecule has 0 aliphatic rings. The van der Waals surface area contributed by atoms with Gasteiger partial charge >= 0.3 is 0 Å². The van der Waals surface area contributed by atoms with E-state index in [1.165, 1.54) is 6.07 Å². The van der Waals surface area contributed by atoms with E-state index < -0.39 is 0 Å². The van der Waals surface area contributed by atoms with E-state index in [1.54, 1.807) is 12.1 Å². The molecule has 0 amide bonds. The summed E-state index contributed by atoms with van der Waals surface area (Å²) in [5.41, 5.74) is 1.04. The summed E-state index contributed by atoms with van der Waals surface area (Å²) in [5.74, 6) is 1.04. The van der Waals surface area contributed by atoms with Gasteiger partial charge in [-0.2, -0.15) is 0 Å². The monoisotopic (exact) mass is 415 g/mol. The first-order valence-electron chi connectivity index (χ1n) is 6.60. The average molecular weight is 417 g/mol. The highest BCUT2D eigenvalue weighted by molar-refractivity contribution is 9.10. The molecule has 2 aromatic rings. The van der Waals surface area contributed by atoms with E-state index in [0.29, 0.717) is 22.8 Å². The molecule has 0 saturated carbocycles. The van der Waals surface area contributed by atoms with E-state index in [2.05, 4.69) is 51.0 Å². The van der Waals surface area contributed by atoms with Crippen LogP contribution in [0, 0.1) is 5.82 Å². The second-order valence-corrected chi connectivity index (χ2v) is 6.74. The summed E-state index contributed by atoms with van der Waals surface area (Å²) < 4.78 is 20.5. The zero-order valence-corrected chi connectivity index (χ0v) is 15.0. The van der Waals surface area contributed by atoms with Crippen LogP contribution in [-0.2, 0) is 6.54 Å². The van der Waals surface area contributed by atoms with E-state index in [4.69, 9.17) is 4.74 Å². The number of hydrogen-bond donors (Lipinski definition) is 1. The van der Waals surface area contributed by atoms with Crippen molar-refractivity contribution in [3.63, 3.8) is 0 Å². The lowest BCUT2D eigenvalue weighted by Crippen LogP contribution is -2.22. The molecule has 0 aliphatic carbocycles. The Kier molecular flexibility index (Phi) is 5.79. The summed E-state index contributed by atoms with van der Waals surface area (Å²) >= 11 is 6.63. The van der Waals surface area contributed by atoms with E-state index in [1.807, 2.05) is 18.2 Å². The number of hydrogen-bond acceptors (Lipinski definition) is 2. The lowest BCUT2D eigenvalue weighted by atomic mass is 10.2. The van der Waals surface area contributed by atoms with E-state index in [-0.39, 0.29) is 5.82 Å². The van der Waals surface area contributed by atoms with Crippen molar-refractivity contribution in [1.82, 2.24) is 5.32 Å². The van der Waals surface area contributed by atoms with Gasteiger partial charge in [0.15, 0.2) is 0 Å². The molecule has 5 heteroatoms. The lowest BCUT2D eigenvalue weighted by molar-refractivity contribution is 0.467. The molecule has 0 spiro atoms. The maximum atomic E-state index is 13.3. The van der Waals surface area contributed by atoms with Crippen LogP contribution in [0.1, 0.15) is 19.4 Å². The van der Waals surface area contributed by atoms with Crippen LogP contribution in [0.5, 0.6) is 11.5 Å². The molecule has 0 fully saturated rings. The zero-order valence-electron chi connectivity index (χ0n) is 11.8. The van der Waals surface area contributed by atoms with Crippen molar-refractivity contribution in [3.05, 3.63) is 56.7 Å². The molecule has 0 bridgehead atoms. The molecule has 0 radical (unpaired) electrons. The fraction of sp³-hybridized carbons (Fsp3) is 0.250. The molecule has 0 unspecified atom stereocenters. The van der Waals surface area contributed by atoms with Gasteiger partial charge in [0.2, 0.25) is 0 Å². The molecule has 21 heavy (non-hydrogen) atoms. The van der Waals surface area contributed by atoms with Gasteiger partial charge in [-0.15, -0.1) is 0 Å². The van der Waals surface area contributed by atoms with Gasteiger partial charge < -0.3 is 10.1 Å². The minimum Gasteiger partial charge on any atom is -0.457 e. The minimum absolute atomic E-state index is 0.306. The Bertz CT molecular complexity index is 632. The van der Waals surface area contributed by atoms with Crippen molar-refractivity contribution in [2.24, 2.45) is 0 Å². The second kappa shape index (κ2) is 7.38. The van der Waals surface area contributed by atoms with Crippen LogP contribution >= 0.6 is 31.9 Å². The summed E-state index contributed by atoms with van der Waals surface area (Å²) in [4.78, 5) is 0. The molecule has 2 rings (SSSR count). The predicted molar refractivity (Wildman–Crippen MR) is 90.3 cm³/mol. The van der Waals surface area contributed by atoms with E-state index in [9.17, 15) is 4.39 Å². The first-order valence-corrected chi connectivity index (χ1v) is 8.19. The molecule has 1 N–H and O–H groups in total. The largest absolute Gasteiger partial charge is 0.457 e. The summed E-state index contributed by atoms with van der Waals surface area (Å²) in [6.45, 7) is 4.89. The molecule has 0 saturated heterocycles. The highest BCUT2D eigenvalue weighted by atomic mass is 79.9. The van der Waals surface area contributed by atoms with Crippen LogP contribution in [0.25, 0.3) is 0 Å². The van der Waals surface area contributed by atoms with Gasteiger partial charge in [-0.1, -0.05) is 29.8 Å². The van der Waals surface area contributed by atoms with Crippen LogP contribution in [-0.4, -0.2) is 6.04 Å². The highest BCUT2D eigenvalue weighted by Crippen LogP contribution is 2.30. The van der Waals surface area contributed by atoms with Crippen LogP contribution in [0.15, 0.2) is 45.3 Å². The Hall–Kier alpha value is -0.910. The van der Waals surface area contributed by atoms with Crippen LogP contribution < -0.4 is 10.1 Å². The second-order valence-electron chi connectivity index (χ2n) is 4.97. The van der Waals surface area contributed by atoms with Crippen molar-refractivity contribution >= 4 is 31.9 Å². The van der Waals surface area contributed by atoms with Crippen LogP contribution in [0.3, 0.4) is 0 Å². The normalized spacial score (nSPS) is 11.0. The summed E-state index contributed by atoms with van der Waals surface area (Å²) in [6.07, 6.45) is 0. The molecule has 0 aromatic heterocycles. The fourth-order valence-corrected chi connectivity index (χ4v) is 2.53. The summed E-state index contributed by atoms with van der Waals surface area (Å²) in [5, 5.41) is 3.37. The van der Waals surface area contributed by atoms with Crippen LogP contribution in [0.4, 0.5) is 4.39 Å². The third kappa shape index (κ3) is 4.80. The molecule has 0 heterocycles. The Balaban J connectivity index is 2.23. The molecular formula is C16H16Br2FNO. The maximum absolute atomic E-state index is 13.3. The number of halogens is 3. The lowest BCUT2D eigenvalue weighted by Gasteiger charge is -2.14. The van der Waals surface area contributed by atoms with Gasteiger partial charge in [-0.3, -0.25) is 0 Å². The van der Waals surface area contributed by atoms with Crippen molar-refractivity contribution in [2.45, 2.75) is 26.4 Å². The Labute approximate surface area is 141 Å². The zero-order chi connectivity index (χ0) is 15.4. The molecule has 0 aliphatic heterocycles. The third-order valence-electron chi connectivity index (χ3n) is 2.84. The van der Waals surface area contributed by atoms with Crippen molar-refractivity contribution in [2.75, 3.05) is 0 Å². The first kappa shape index (κ1) is 16.5. The van der Waals surface area contributed by atoms with Gasteiger partial charge in [-0.05, 0) is 52.3 Å². The average Bonchev–Trinajstić information content (AvgIpc) is 2.43. The standard InChI is InChI=1S/C16H16Br2FNO/c1-10(2)20-9-11-7-12(17)3-6-16(11)21-13-4-5-15(19)14(18)8-13/h3-8,10,20H,9H2,1-2H3. The topological polar surface area (TPSA) is 21.3 Å². The molecule has 0 atom stereocenters. The molecule has 2 aromatic carbocycles. The highest BCUT2D eigenvalue weighted by Gasteiger charge is 2.08. The first-order chi connectivity index (χ1) is 9.95. The third-order valence-corrected chi connectivity index (χ3v) is 3.94. The Morgan fingerprint density at radius 2 is 1.90 bits per heavy atom. The van der Waals surface area contributed by atoms with Crippen molar-refractivity contribution < 1.29 is 9.13 Å². The smallest absolute Gasteiger partial charge is 0.137 e. The van der Waals surface area contributed by atoms with Gasteiger partial charge in [-0.25, -0.2) is 4.39 Å². The van der Waals surface area contributed by atoms with Gasteiger partial charge in [0.1, 0.15) is 17.3 Å². The number of nitrogens with one attached hydrogen (secondary N) is 1. The number of ether oxygens (including phenoxy) is 1. The SMILES string of the molecule is CC(C)NCc1cc(Br)ccc1Oc1ccc(F)c(Br)c1. The predicted octanol–water partition coefficient (Wildman–Crippen LogP) is 5.64. The van der Waals surface area contributed by atoms with Crippen LogP contribution in [0.2, 0.25) is 0 Å². The number of rotatable bonds is 5. The molecule has 112 valence electrons. The Morgan fingerprint density at radius 3 is 2.57 bits per heavy atom. The minimum atomic E-state index is -0.306. The fourth-order valence-electron chi connectivity index (χ4n) is 1.77. The van der Waals surface area contributed by atoms with Gasteiger partial charge in [0, 0.05) is 22.6 Å². The van der Waals surface area contributed by atoms with Gasteiger partial charge in [0.05, 0.1) is 4.47 Å². The van der Waals surface area contributed by atoms with Gasteiger partial charge in [0.25, 0.3) is 0 Å². The van der Waals surface area contributed by atoms with Crippen molar-refractivity contribution in [1.29, 1.82) is 0 Å².